The number of hydrogen-bond donors (Lipinski definition) is 3. The molecule has 1 saturated heterocycles. The van der Waals surface area contributed by atoms with Gasteiger partial charge in [-0.2, -0.15) is 0 Å². The lowest BCUT2D eigenvalue weighted by Gasteiger charge is -2.33. The van der Waals surface area contributed by atoms with E-state index in [2.05, 4.69) is 12.2 Å². The zero-order valence-electron chi connectivity index (χ0n) is 23.0. The van der Waals surface area contributed by atoms with E-state index in [1.54, 1.807) is 25.1 Å². The fourth-order valence-corrected chi connectivity index (χ4v) is 5.49. The molecule has 1 aliphatic heterocycles. The van der Waals surface area contributed by atoms with Crippen LogP contribution in [0.1, 0.15) is 66.4 Å². The summed E-state index contributed by atoms with van der Waals surface area (Å²) in [6, 6.07) is 3.26. The standard InChI is InChI=1S/C28H43IN2O6/c1-15(2)25-14-24(33)17(4)10-16(3)11-18(5)26(34)30-19(6)27(35)31(7)22(28(36)37-25)13-20-8-9-23(32)21(29)12-20/h8-9,12,15-19,22,24-25,32-33H,10-11,13-14H2,1-7H3,(H,30,34)/t16-,17+,18-,19-,22+,24-,25-/m0/s1. The third-order valence-corrected chi connectivity index (χ3v) is 8.24. The van der Waals surface area contributed by atoms with Crippen LogP contribution in [0.15, 0.2) is 18.2 Å². The molecule has 9 heteroatoms. The van der Waals surface area contributed by atoms with Crippen LogP contribution in [-0.2, 0) is 25.5 Å². The van der Waals surface area contributed by atoms with Gasteiger partial charge in [-0.1, -0.05) is 40.7 Å². The van der Waals surface area contributed by atoms with Crippen LogP contribution in [0.5, 0.6) is 5.75 Å². The molecule has 37 heavy (non-hydrogen) atoms. The van der Waals surface area contributed by atoms with Gasteiger partial charge < -0.3 is 25.2 Å². The number of halogens is 1. The van der Waals surface area contributed by atoms with E-state index >= 15 is 0 Å². The Labute approximate surface area is 234 Å². The Morgan fingerprint density at radius 1 is 1.11 bits per heavy atom. The molecule has 2 amide bonds. The zero-order chi connectivity index (χ0) is 28.0. The first-order valence-corrected chi connectivity index (χ1v) is 14.2. The third-order valence-electron chi connectivity index (χ3n) is 7.38. The molecule has 2 rings (SSSR count). The minimum absolute atomic E-state index is 0.0309. The fraction of sp³-hybridized carbons (Fsp3) is 0.679. The smallest absolute Gasteiger partial charge is 0.329 e. The average molecular weight is 631 g/mol. The summed E-state index contributed by atoms with van der Waals surface area (Å²) in [5.74, 6) is -1.20. The van der Waals surface area contributed by atoms with Gasteiger partial charge in [0, 0.05) is 25.8 Å². The normalized spacial score (nSPS) is 31.2. The van der Waals surface area contributed by atoms with Crippen LogP contribution >= 0.6 is 22.6 Å². The van der Waals surface area contributed by atoms with Gasteiger partial charge in [0.15, 0.2) is 0 Å². The maximum absolute atomic E-state index is 13.6. The van der Waals surface area contributed by atoms with Crippen LogP contribution < -0.4 is 5.32 Å². The maximum atomic E-state index is 13.6. The van der Waals surface area contributed by atoms with E-state index in [0.717, 1.165) is 12.0 Å². The van der Waals surface area contributed by atoms with E-state index in [1.165, 1.54) is 11.9 Å². The molecule has 3 N–H and O–H groups in total. The number of phenols is 1. The number of aliphatic hydroxyl groups is 1. The van der Waals surface area contributed by atoms with Gasteiger partial charge in [-0.05, 0) is 77.8 Å². The van der Waals surface area contributed by atoms with E-state index < -0.39 is 36.2 Å². The van der Waals surface area contributed by atoms with Crippen molar-refractivity contribution in [1.82, 2.24) is 10.2 Å². The summed E-state index contributed by atoms with van der Waals surface area (Å²) in [4.78, 5) is 41.1. The number of amides is 2. The molecule has 0 saturated carbocycles. The third kappa shape index (κ3) is 8.84. The molecular weight excluding hydrogens is 587 g/mol. The number of rotatable bonds is 3. The number of hydrogen-bond acceptors (Lipinski definition) is 6. The summed E-state index contributed by atoms with van der Waals surface area (Å²) < 4.78 is 6.59. The summed E-state index contributed by atoms with van der Waals surface area (Å²) >= 11 is 2.01. The number of likely N-dealkylation sites (N-methyl/N-ethyl adjacent to an activating group) is 1. The average Bonchev–Trinajstić information content (AvgIpc) is 2.82. The minimum Gasteiger partial charge on any atom is -0.507 e. The molecule has 0 spiro atoms. The monoisotopic (exact) mass is 630 g/mol. The fourth-order valence-electron chi connectivity index (χ4n) is 4.91. The molecule has 0 unspecified atom stereocenters. The number of cyclic esters (lactones) is 1. The second-order valence-electron chi connectivity index (χ2n) is 11.2. The van der Waals surface area contributed by atoms with Crippen molar-refractivity contribution in [3.05, 3.63) is 27.3 Å². The lowest BCUT2D eigenvalue weighted by atomic mass is 9.84. The first kappa shape index (κ1) is 31.3. The van der Waals surface area contributed by atoms with Gasteiger partial charge in [0.1, 0.15) is 23.9 Å². The lowest BCUT2D eigenvalue weighted by Crippen LogP contribution is -2.53. The van der Waals surface area contributed by atoms with E-state index in [-0.39, 0.29) is 41.7 Å². The molecule has 0 aromatic heterocycles. The Morgan fingerprint density at radius 3 is 2.35 bits per heavy atom. The van der Waals surface area contributed by atoms with Crippen LogP contribution in [0.2, 0.25) is 0 Å². The number of aliphatic hydroxyl groups excluding tert-OH is 1. The molecule has 7 atom stereocenters. The molecule has 1 aromatic carbocycles. The molecule has 208 valence electrons. The highest BCUT2D eigenvalue weighted by Gasteiger charge is 2.35. The van der Waals surface area contributed by atoms with Crippen molar-refractivity contribution in [2.45, 2.75) is 91.5 Å². The summed E-state index contributed by atoms with van der Waals surface area (Å²) in [6.45, 7) is 11.4. The number of nitrogens with zero attached hydrogens (tertiary/aromatic N) is 1. The highest BCUT2D eigenvalue weighted by molar-refractivity contribution is 14.1. The predicted molar refractivity (Wildman–Crippen MR) is 151 cm³/mol. The Balaban J connectivity index is 2.44. The van der Waals surface area contributed by atoms with Crippen LogP contribution in [0.4, 0.5) is 0 Å². The Hall–Kier alpha value is -1.88. The molecule has 1 heterocycles. The van der Waals surface area contributed by atoms with Crippen LogP contribution in [-0.4, -0.2) is 64.2 Å². The number of carbonyl (C=O) groups excluding carboxylic acids is 3. The van der Waals surface area contributed by atoms with Crippen molar-refractivity contribution in [3.63, 3.8) is 0 Å². The van der Waals surface area contributed by atoms with E-state index in [4.69, 9.17) is 4.74 Å². The lowest BCUT2D eigenvalue weighted by molar-refractivity contribution is -0.163. The SMILES string of the molecule is CC(C)[C@@H]1C[C@H](O)[C@H](C)C[C@H](C)C[C@H](C)C(=O)N[C@@H](C)C(=O)N(C)[C@H](Cc2ccc(O)c(I)c2)C(=O)O1. The number of aromatic hydroxyl groups is 1. The van der Waals surface area contributed by atoms with Gasteiger partial charge in [0.25, 0.3) is 0 Å². The molecule has 1 aromatic rings. The van der Waals surface area contributed by atoms with Crippen molar-refractivity contribution < 1.29 is 29.3 Å². The Kier molecular flexibility index (Phi) is 11.7. The predicted octanol–water partition coefficient (Wildman–Crippen LogP) is 3.89. The largest absolute Gasteiger partial charge is 0.507 e. The number of ether oxygens (including phenoxy) is 1. The Morgan fingerprint density at radius 2 is 1.76 bits per heavy atom. The van der Waals surface area contributed by atoms with Gasteiger partial charge in [-0.15, -0.1) is 0 Å². The highest BCUT2D eigenvalue weighted by atomic mass is 127. The van der Waals surface area contributed by atoms with E-state index in [9.17, 15) is 24.6 Å². The zero-order valence-corrected chi connectivity index (χ0v) is 25.2. The minimum atomic E-state index is -0.951. The van der Waals surface area contributed by atoms with Crippen molar-refractivity contribution in [3.8, 4) is 5.75 Å². The second-order valence-corrected chi connectivity index (χ2v) is 12.3. The highest BCUT2D eigenvalue weighted by Crippen LogP contribution is 2.27. The number of esters is 1. The number of nitrogens with one attached hydrogen (secondary N) is 1. The summed E-state index contributed by atoms with van der Waals surface area (Å²) in [5.41, 5.74) is 0.757. The topological polar surface area (TPSA) is 116 Å². The van der Waals surface area contributed by atoms with Gasteiger partial charge in [0.05, 0.1) is 9.67 Å². The summed E-state index contributed by atoms with van der Waals surface area (Å²) in [7, 11) is 1.54. The van der Waals surface area contributed by atoms with Crippen LogP contribution in [0, 0.1) is 27.2 Å². The van der Waals surface area contributed by atoms with Crippen molar-refractivity contribution in [1.29, 1.82) is 0 Å². The molecule has 0 bridgehead atoms. The quantitative estimate of drug-likeness (QED) is 0.345. The van der Waals surface area contributed by atoms with E-state index in [0.29, 0.717) is 16.4 Å². The number of benzene rings is 1. The molecule has 8 nitrogen and oxygen atoms in total. The van der Waals surface area contributed by atoms with Crippen LogP contribution in [0.25, 0.3) is 0 Å². The van der Waals surface area contributed by atoms with Crippen molar-refractivity contribution in [2.24, 2.45) is 23.7 Å². The van der Waals surface area contributed by atoms with Crippen LogP contribution in [0.3, 0.4) is 0 Å². The second kappa shape index (κ2) is 13.8. The van der Waals surface area contributed by atoms with Crippen molar-refractivity contribution in [2.75, 3.05) is 7.05 Å². The first-order chi connectivity index (χ1) is 17.2. The molecule has 0 radical (unpaired) electrons. The van der Waals surface area contributed by atoms with Crippen molar-refractivity contribution >= 4 is 40.4 Å². The first-order valence-electron chi connectivity index (χ1n) is 13.1. The maximum Gasteiger partial charge on any atom is 0.329 e. The van der Waals surface area contributed by atoms with E-state index in [1.807, 2.05) is 50.3 Å². The molecule has 1 aliphatic rings. The van der Waals surface area contributed by atoms with Gasteiger partial charge in [0.2, 0.25) is 11.8 Å². The molecule has 0 aliphatic carbocycles. The number of carbonyl (C=O) groups is 3. The van der Waals surface area contributed by atoms with Gasteiger partial charge in [-0.25, -0.2) is 4.79 Å². The van der Waals surface area contributed by atoms with Gasteiger partial charge >= 0.3 is 5.97 Å². The Bertz CT molecular complexity index is 955. The summed E-state index contributed by atoms with van der Waals surface area (Å²) in [5, 5.41) is 23.7. The molecular formula is C28H43IN2O6. The summed E-state index contributed by atoms with van der Waals surface area (Å²) in [6.07, 6.45) is 0.661. The molecule has 1 fully saturated rings. The number of phenolic OH excluding ortho intramolecular Hbond substituents is 1. The van der Waals surface area contributed by atoms with Gasteiger partial charge in [-0.3, -0.25) is 9.59 Å².